The SMILES string of the molecule is CC(C)C(=O)c1c(O)cc(O)c(C[C@H]2[C@H](C(C)(C)O)CC[C@@]2(C)O)c1O. The van der Waals surface area contributed by atoms with Crippen molar-refractivity contribution in [3.63, 3.8) is 0 Å². The molecular weight excluding hydrogens is 336 g/mol. The zero-order valence-electron chi connectivity index (χ0n) is 16.1. The van der Waals surface area contributed by atoms with Crippen molar-refractivity contribution in [1.29, 1.82) is 0 Å². The van der Waals surface area contributed by atoms with Crippen molar-refractivity contribution in [2.75, 3.05) is 0 Å². The molecule has 26 heavy (non-hydrogen) atoms. The minimum absolute atomic E-state index is 0.0813. The smallest absolute Gasteiger partial charge is 0.172 e. The first-order chi connectivity index (χ1) is 11.8. The molecule has 146 valence electrons. The number of Topliss-reactive ketones (excluding diaryl/α,β-unsaturated/α-hetero) is 1. The van der Waals surface area contributed by atoms with E-state index in [-0.39, 0.29) is 29.2 Å². The molecule has 2 rings (SSSR count). The first-order valence-corrected chi connectivity index (χ1v) is 9.03. The number of rotatable bonds is 5. The minimum Gasteiger partial charge on any atom is -0.507 e. The van der Waals surface area contributed by atoms with Gasteiger partial charge in [-0.25, -0.2) is 0 Å². The molecule has 6 nitrogen and oxygen atoms in total. The standard InChI is InChI=1S/C20H30O6/c1-10(2)17(23)16-15(22)9-14(21)11(18(16)24)8-13-12(19(3,4)25)6-7-20(13,5)26/h9-10,12-13,21-22,24-26H,6-8H2,1-5H3/t12-,13+,20-/m1/s1. The van der Waals surface area contributed by atoms with Crippen molar-refractivity contribution >= 4 is 5.78 Å². The molecule has 0 unspecified atom stereocenters. The van der Waals surface area contributed by atoms with Crippen LogP contribution in [-0.4, -0.2) is 42.5 Å². The summed E-state index contributed by atoms with van der Waals surface area (Å²) < 4.78 is 0. The molecule has 1 aromatic rings. The summed E-state index contributed by atoms with van der Waals surface area (Å²) in [5.74, 6) is -2.81. The van der Waals surface area contributed by atoms with E-state index < -0.39 is 40.3 Å². The third-order valence-electron chi connectivity index (χ3n) is 5.71. The second-order valence-electron chi connectivity index (χ2n) is 8.60. The molecule has 0 bridgehead atoms. The molecule has 0 aliphatic heterocycles. The third kappa shape index (κ3) is 3.67. The molecule has 1 fully saturated rings. The Bertz CT molecular complexity index is 699. The molecule has 1 saturated carbocycles. The summed E-state index contributed by atoms with van der Waals surface area (Å²) in [6, 6.07) is 1.05. The van der Waals surface area contributed by atoms with E-state index in [9.17, 15) is 30.3 Å². The zero-order chi connectivity index (χ0) is 20.0. The van der Waals surface area contributed by atoms with E-state index in [1.807, 2.05) is 0 Å². The van der Waals surface area contributed by atoms with Crippen LogP contribution < -0.4 is 0 Å². The molecule has 3 atom stereocenters. The Morgan fingerprint density at radius 1 is 1.27 bits per heavy atom. The highest BCUT2D eigenvalue weighted by Gasteiger charge is 2.49. The lowest BCUT2D eigenvalue weighted by atomic mass is 9.75. The maximum absolute atomic E-state index is 12.3. The van der Waals surface area contributed by atoms with Crippen LogP contribution in [0.4, 0.5) is 0 Å². The number of phenols is 3. The number of aliphatic hydroxyl groups is 2. The number of aromatic hydroxyl groups is 3. The van der Waals surface area contributed by atoms with Crippen LogP contribution in [0.2, 0.25) is 0 Å². The molecule has 0 amide bonds. The fourth-order valence-corrected chi connectivity index (χ4v) is 4.11. The molecule has 0 spiro atoms. The predicted octanol–water partition coefficient (Wildman–Crippen LogP) is 2.73. The van der Waals surface area contributed by atoms with Crippen molar-refractivity contribution in [2.24, 2.45) is 17.8 Å². The van der Waals surface area contributed by atoms with Gasteiger partial charge in [0.15, 0.2) is 5.78 Å². The van der Waals surface area contributed by atoms with Crippen molar-refractivity contribution in [3.05, 3.63) is 17.2 Å². The number of phenolic OH excluding ortho intramolecular Hbond substituents is 3. The van der Waals surface area contributed by atoms with Gasteiger partial charge in [-0.2, -0.15) is 0 Å². The van der Waals surface area contributed by atoms with Crippen LogP contribution in [0.5, 0.6) is 17.2 Å². The monoisotopic (exact) mass is 366 g/mol. The zero-order valence-corrected chi connectivity index (χ0v) is 16.1. The molecule has 5 N–H and O–H groups in total. The van der Waals surface area contributed by atoms with Gasteiger partial charge in [-0.3, -0.25) is 4.79 Å². The van der Waals surface area contributed by atoms with E-state index in [2.05, 4.69) is 0 Å². The average Bonchev–Trinajstić information content (AvgIpc) is 2.77. The van der Waals surface area contributed by atoms with Crippen molar-refractivity contribution < 1.29 is 30.3 Å². The van der Waals surface area contributed by atoms with Gasteiger partial charge in [-0.05, 0) is 51.9 Å². The second kappa shape index (κ2) is 6.74. The number of hydrogen-bond acceptors (Lipinski definition) is 6. The Labute approximate surface area is 154 Å². The molecule has 1 aromatic carbocycles. The Kier molecular flexibility index (Phi) is 5.32. The van der Waals surface area contributed by atoms with Crippen LogP contribution in [0.15, 0.2) is 6.07 Å². The van der Waals surface area contributed by atoms with Crippen LogP contribution in [0, 0.1) is 17.8 Å². The highest BCUT2D eigenvalue weighted by molar-refractivity contribution is 6.03. The number of carbonyl (C=O) groups excluding carboxylic acids is 1. The lowest BCUT2D eigenvalue weighted by Gasteiger charge is -2.36. The number of ketones is 1. The van der Waals surface area contributed by atoms with E-state index >= 15 is 0 Å². The first-order valence-electron chi connectivity index (χ1n) is 9.03. The Morgan fingerprint density at radius 3 is 2.35 bits per heavy atom. The molecule has 1 aliphatic rings. The minimum atomic E-state index is -1.08. The number of hydrogen-bond donors (Lipinski definition) is 5. The summed E-state index contributed by atoms with van der Waals surface area (Å²) in [5, 5.41) is 52.1. The molecular formula is C20H30O6. The Morgan fingerprint density at radius 2 is 1.85 bits per heavy atom. The maximum atomic E-state index is 12.3. The van der Waals surface area contributed by atoms with Gasteiger partial charge in [-0.15, -0.1) is 0 Å². The van der Waals surface area contributed by atoms with Gasteiger partial charge in [0, 0.05) is 17.5 Å². The highest BCUT2D eigenvalue weighted by atomic mass is 16.3. The topological polar surface area (TPSA) is 118 Å². The van der Waals surface area contributed by atoms with E-state index in [1.165, 1.54) is 0 Å². The van der Waals surface area contributed by atoms with Crippen LogP contribution in [0.25, 0.3) is 0 Å². The number of benzene rings is 1. The van der Waals surface area contributed by atoms with Gasteiger partial charge in [-0.1, -0.05) is 13.8 Å². The molecule has 0 aromatic heterocycles. The van der Waals surface area contributed by atoms with Crippen molar-refractivity contribution in [1.82, 2.24) is 0 Å². The van der Waals surface area contributed by atoms with Crippen LogP contribution >= 0.6 is 0 Å². The summed E-state index contributed by atoms with van der Waals surface area (Å²) in [6.45, 7) is 8.34. The largest absolute Gasteiger partial charge is 0.507 e. The van der Waals surface area contributed by atoms with Gasteiger partial charge < -0.3 is 25.5 Å². The number of carbonyl (C=O) groups is 1. The molecule has 0 saturated heterocycles. The van der Waals surface area contributed by atoms with Crippen LogP contribution in [0.1, 0.15) is 63.4 Å². The molecule has 0 radical (unpaired) electrons. The van der Waals surface area contributed by atoms with Crippen molar-refractivity contribution in [3.8, 4) is 17.2 Å². The Hall–Kier alpha value is -1.79. The summed E-state index contributed by atoms with van der Waals surface area (Å²) in [7, 11) is 0. The van der Waals surface area contributed by atoms with Gasteiger partial charge >= 0.3 is 0 Å². The van der Waals surface area contributed by atoms with Crippen molar-refractivity contribution in [2.45, 2.75) is 65.1 Å². The normalized spacial score (nSPS) is 26.5. The van der Waals surface area contributed by atoms with E-state index in [0.717, 1.165) is 6.07 Å². The molecule has 1 aliphatic carbocycles. The Balaban J connectivity index is 2.52. The summed E-state index contributed by atoms with van der Waals surface area (Å²) in [6.07, 6.45) is 1.18. The fraction of sp³-hybridized carbons (Fsp3) is 0.650. The summed E-state index contributed by atoms with van der Waals surface area (Å²) in [5.41, 5.74) is -2.23. The van der Waals surface area contributed by atoms with Gasteiger partial charge in [0.1, 0.15) is 22.8 Å². The van der Waals surface area contributed by atoms with Gasteiger partial charge in [0.05, 0.1) is 11.2 Å². The molecule has 0 heterocycles. The van der Waals surface area contributed by atoms with Gasteiger partial charge in [0.25, 0.3) is 0 Å². The maximum Gasteiger partial charge on any atom is 0.172 e. The molecule has 6 heteroatoms. The fourth-order valence-electron chi connectivity index (χ4n) is 4.11. The summed E-state index contributed by atoms with van der Waals surface area (Å²) in [4.78, 5) is 12.3. The van der Waals surface area contributed by atoms with E-state index in [1.54, 1.807) is 34.6 Å². The lowest BCUT2D eigenvalue weighted by molar-refractivity contribution is -0.0467. The second-order valence-corrected chi connectivity index (χ2v) is 8.60. The highest BCUT2D eigenvalue weighted by Crippen LogP contribution is 2.49. The first kappa shape index (κ1) is 20.5. The lowest BCUT2D eigenvalue weighted by Crippen LogP contribution is -2.41. The third-order valence-corrected chi connectivity index (χ3v) is 5.71. The summed E-state index contributed by atoms with van der Waals surface area (Å²) >= 11 is 0. The van der Waals surface area contributed by atoms with E-state index in [0.29, 0.717) is 12.8 Å². The quantitative estimate of drug-likeness (QED) is 0.511. The van der Waals surface area contributed by atoms with Crippen LogP contribution in [0.3, 0.4) is 0 Å². The van der Waals surface area contributed by atoms with Crippen LogP contribution in [-0.2, 0) is 6.42 Å². The predicted molar refractivity (Wildman–Crippen MR) is 97.4 cm³/mol. The van der Waals surface area contributed by atoms with Gasteiger partial charge in [0.2, 0.25) is 0 Å². The average molecular weight is 366 g/mol. The van der Waals surface area contributed by atoms with E-state index in [4.69, 9.17) is 0 Å².